The number of hydrogen-bond acceptors (Lipinski definition) is 5. The molecule has 1 aromatic heterocycles. The molecule has 1 aromatic carbocycles. The van der Waals surface area contributed by atoms with E-state index in [0.717, 1.165) is 36.5 Å². The maximum atomic E-state index is 10.7. The van der Waals surface area contributed by atoms with Gasteiger partial charge in [0.05, 0.1) is 11.0 Å². The Morgan fingerprint density at radius 2 is 2.05 bits per heavy atom. The van der Waals surface area contributed by atoms with Gasteiger partial charge < -0.3 is 5.11 Å². The number of nitro benzene ring substituents is 1. The number of thiophene rings is 1. The zero-order chi connectivity index (χ0) is 14.8. The van der Waals surface area contributed by atoms with Gasteiger partial charge in [-0.15, -0.1) is 11.3 Å². The van der Waals surface area contributed by atoms with Gasteiger partial charge in [0, 0.05) is 41.5 Å². The van der Waals surface area contributed by atoms with Crippen LogP contribution < -0.4 is 0 Å². The van der Waals surface area contributed by atoms with E-state index in [1.165, 1.54) is 17.0 Å². The lowest BCUT2D eigenvalue weighted by molar-refractivity contribution is -0.384. The predicted molar refractivity (Wildman–Crippen MR) is 82.3 cm³/mol. The average molecular weight is 304 g/mol. The molecule has 21 heavy (non-hydrogen) atoms. The minimum atomic E-state index is -0.387. The number of nitro groups is 1. The maximum Gasteiger partial charge on any atom is 0.269 e. The molecular weight excluding hydrogens is 288 g/mol. The van der Waals surface area contributed by atoms with Gasteiger partial charge in [-0.2, -0.15) is 0 Å². The Hall–Kier alpha value is -1.76. The molecule has 110 valence electrons. The highest BCUT2D eigenvalue weighted by atomic mass is 32.1. The molecule has 0 aliphatic carbocycles. The van der Waals surface area contributed by atoms with Gasteiger partial charge in [-0.05, 0) is 36.2 Å². The lowest BCUT2D eigenvalue weighted by Crippen LogP contribution is -2.20. The minimum Gasteiger partial charge on any atom is -0.392 e. The van der Waals surface area contributed by atoms with Gasteiger partial charge in [0.1, 0.15) is 0 Å². The van der Waals surface area contributed by atoms with Crippen LogP contribution in [0, 0.1) is 10.1 Å². The van der Waals surface area contributed by atoms with Crippen LogP contribution in [0.3, 0.4) is 0 Å². The van der Waals surface area contributed by atoms with Crippen LogP contribution in [-0.2, 0) is 6.54 Å². The molecule has 0 unspecified atom stereocenters. The van der Waals surface area contributed by atoms with Crippen molar-refractivity contribution < 1.29 is 10.0 Å². The number of hydrogen-bond donors (Lipinski definition) is 1. The highest BCUT2D eigenvalue weighted by molar-refractivity contribution is 7.15. The molecule has 2 aromatic rings. The van der Waals surface area contributed by atoms with Gasteiger partial charge >= 0.3 is 0 Å². The third-order valence-electron chi connectivity index (χ3n) is 3.65. The van der Waals surface area contributed by atoms with Crippen molar-refractivity contribution in [3.05, 3.63) is 51.4 Å². The molecule has 1 fully saturated rings. The zero-order valence-corrected chi connectivity index (χ0v) is 12.3. The first kappa shape index (κ1) is 14.2. The smallest absolute Gasteiger partial charge is 0.269 e. The summed E-state index contributed by atoms with van der Waals surface area (Å²) in [5, 5.41) is 20.2. The van der Waals surface area contributed by atoms with Crippen LogP contribution in [0.5, 0.6) is 0 Å². The Kier molecular flexibility index (Phi) is 4.01. The van der Waals surface area contributed by atoms with Gasteiger partial charge in [-0.1, -0.05) is 0 Å². The third kappa shape index (κ3) is 3.29. The number of benzene rings is 1. The summed E-state index contributed by atoms with van der Waals surface area (Å²) in [5.41, 5.74) is 1.11. The highest BCUT2D eigenvalue weighted by Crippen LogP contribution is 2.30. The first-order valence-corrected chi connectivity index (χ1v) is 7.67. The molecule has 0 radical (unpaired) electrons. The Morgan fingerprint density at radius 1 is 1.29 bits per heavy atom. The molecule has 0 saturated carbocycles. The molecule has 3 rings (SSSR count). The molecule has 0 bridgehead atoms. The van der Waals surface area contributed by atoms with E-state index in [1.807, 2.05) is 6.07 Å². The molecule has 0 amide bonds. The zero-order valence-electron chi connectivity index (χ0n) is 11.4. The molecule has 1 aliphatic rings. The summed E-state index contributed by atoms with van der Waals surface area (Å²) in [5.74, 6) is 0. The van der Waals surface area contributed by atoms with Crippen LogP contribution in [-0.4, -0.2) is 34.1 Å². The topological polar surface area (TPSA) is 66.6 Å². The summed E-state index contributed by atoms with van der Waals surface area (Å²) >= 11 is 1.70. The molecular formula is C15H16N2O3S. The molecule has 6 heteroatoms. The van der Waals surface area contributed by atoms with Crippen molar-refractivity contribution in [1.82, 2.24) is 4.90 Å². The van der Waals surface area contributed by atoms with Crippen LogP contribution >= 0.6 is 11.3 Å². The van der Waals surface area contributed by atoms with Gasteiger partial charge in [-0.25, -0.2) is 0 Å². The Labute approximate surface area is 126 Å². The largest absolute Gasteiger partial charge is 0.392 e. The van der Waals surface area contributed by atoms with Crippen molar-refractivity contribution in [3.63, 3.8) is 0 Å². The summed E-state index contributed by atoms with van der Waals surface area (Å²) in [6.07, 6.45) is 0.653. The van der Waals surface area contributed by atoms with E-state index >= 15 is 0 Å². The Balaban J connectivity index is 1.70. The summed E-state index contributed by atoms with van der Waals surface area (Å²) in [4.78, 5) is 14.9. The van der Waals surface area contributed by atoms with Gasteiger partial charge in [-0.3, -0.25) is 15.0 Å². The monoisotopic (exact) mass is 304 g/mol. The Morgan fingerprint density at radius 3 is 2.67 bits per heavy atom. The van der Waals surface area contributed by atoms with Crippen LogP contribution in [0.25, 0.3) is 10.4 Å². The quantitative estimate of drug-likeness (QED) is 0.696. The van der Waals surface area contributed by atoms with Gasteiger partial charge in [0.25, 0.3) is 5.69 Å². The number of aliphatic hydroxyl groups excluding tert-OH is 1. The van der Waals surface area contributed by atoms with E-state index in [9.17, 15) is 15.2 Å². The van der Waals surface area contributed by atoms with Crippen molar-refractivity contribution in [3.8, 4) is 10.4 Å². The molecule has 1 aliphatic heterocycles. The predicted octanol–water partition coefficient (Wildman–Crippen LogP) is 2.89. The summed E-state index contributed by atoms with van der Waals surface area (Å²) in [6, 6.07) is 10.8. The number of aliphatic hydroxyl groups is 1. The third-order valence-corrected chi connectivity index (χ3v) is 4.77. The molecule has 1 N–H and O–H groups in total. The normalized spacial score (nSPS) is 19.0. The van der Waals surface area contributed by atoms with E-state index in [1.54, 1.807) is 23.5 Å². The fraction of sp³-hybridized carbons (Fsp3) is 0.333. The summed E-state index contributed by atoms with van der Waals surface area (Å²) < 4.78 is 0. The number of rotatable bonds is 4. The fourth-order valence-corrected chi connectivity index (χ4v) is 3.60. The maximum absolute atomic E-state index is 10.7. The standard InChI is InChI=1S/C15H16N2O3S/c18-13-7-8-16(9-13)10-14-5-6-15(21-14)11-1-3-12(4-2-11)17(19)20/h1-6,13,18H,7-10H2/t13-/m0/s1. The van der Waals surface area contributed by atoms with E-state index in [0.29, 0.717) is 0 Å². The van der Waals surface area contributed by atoms with Crippen molar-refractivity contribution in [2.45, 2.75) is 19.1 Å². The second-order valence-corrected chi connectivity index (χ2v) is 6.42. The lowest BCUT2D eigenvalue weighted by atomic mass is 10.2. The summed E-state index contributed by atoms with van der Waals surface area (Å²) in [7, 11) is 0. The SMILES string of the molecule is O=[N+]([O-])c1ccc(-c2ccc(CN3CC[C@H](O)C3)s2)cc1. The van der Waals surface area contributed by atoms with E-state index in [-0.39, 0.29) is 16.7 Å². The Bertz CT molecular complexity index is 639. The van der Waals surface area contributed by atoms with Gasteiger partial charge in [0.2, 0.25) is 0 Å². The van der Waals surface area contributed by atoms with Crippen molar-refractivity contribution in [2.24, 2.45) is 0 Å². The van der Waals surface area contributed by atoms with E-state index in [4.69, 9.17) is 0 Å². The van der Waals surface area contributed by atoms with Crippen LogP contribution in [0.15, 0.2) is 36.4 Å². The van der Waals surface area contributed by atoms with Crippen LogP contribution in [0.2, 0.25) is 0 Å². The molecule has 1 saturated heterocycles. The number of non-ortho nitro benzene ring substituents is 1. The molecule has 0 spiro atoms. The second kappa shape index (κ2) is 5.93. The first-order chi connectivity index (χ1) is 10.1. The molecule has 1 atom stereocenters. The highest BCUT2D eigenvalue weighted by Gasteiger charge is 2.20. The number of nitrogens with zero attached hydrogens (tertiary/aromatic N) is 2. The van der Waals surface area contributed by atoms with Crippen molar-refractivity contribution in [1.29, 1.82) is 0 Å². The van der Waals surface area contributed by atoms with Crippen LogP contribution in [0.1, 0.15) is 11.3 Å². The molecule has 5 nitrogen and oxygen atoms in total. The molecule has 2 heterocycles. The van der Waals surface area contributed by atoms with E-state index in [2.05, 4.69) is 11.0 Å². The second-order valence-electron chi connectivity index (χ2n) is 5.25. The van der Waals surface area contributed by atoms with E-state index < -0.39 is 0 Å². The number of β-amino-alcohol motifs (C(OH)–C–C–N with tert-alkyl or cyclic N) is 1. The summed E-state index contributed by atoms with van der Waals surface area (Å²) in [6.45, 7) is 2.53. The lowest BCUT2D eigenvalue weighted by Gasteiger charge is -2.12. The fourth-order valence-electron chi connectivity index (χ4n) is 2.54. The first-order valence-electron chi connectivity index (χ1n) is 6.86. The minimum absolute atomic E-state index is 0.113. The number of likely N-dealkylation sites (tertiary alicyclic amines) is 1. The van der Waals surface area contributed by atoms with Crippen molar-refractivity contribution in [2.75, 3.05) is 13.1 Å². The van der Waals surface area contributed by atoms with Crippen molar-refractivity contribution >= 4 is 17.0 Å². The van der Waals surface area contributed by atoms with Crippen LogP contribution in [0.4, 0.5) is 5.69 Å². The average Bonchev–Trinajstić information content (AvgIpc) is 3.09. The van der Waals surface area contributed by atoms with Gasteiger partial charge in [0.15, 0.2) is 0 Å².